The molecule has 1 aromatic carbocycles. The maximum atomic E-state index is 6.07. The first-order valence-electron chi connectivity index (χ1n) is 6.98. The number of fused-ring (bicyclic) bond motifs is 2. The van der Waals surface area contributed by atoms with E-state index < -0.39 is 0 Å². The van der Waals surface area contributed by atoms with E-state index in [-0.39, 0.29) is 0 Å². The second-order valence-corrected chi connectivity index (χ2v) is 6.03. The molecular weight excluding hydrogens is 258 g/mol. The van der Waals surface area contributed by atoms with Crippen molar-refractivity contribution >= 4 is 28.3 Å². The molecule has 3 nitrogen and oxygen atoms in total. The van der Waals surface area contributed by atoms with Crippen LogP contribution in [0.1, 0.15) is 19.3 Å². The van der Waals surface area contributed by atoms with Gasteiger partial charge in [0.25, 0.3) is 0 Å². The maximum absolute atomic E-state index is 6.07. The van der Waals surface area contributed by atoms with Crippen LogP contribution in [0, 0.1) is 11.8 Å². The number of benzene rings is 1. The first kappa shape index (κ1) is 11.5. The molecule has 98 valence electrons. The number of nitrogens with zero attached hydrogens (tertiary/aromatic N) is 3. The van der Waals surface area contributed by atoms with Crippen molar-refractivity contribution in [2.24, 2.45) is 11.8 Å². The summed E-state index contributed by atoms with van der Waals surface area (Å²) >= 11 is 6.07. The first-order valence-corrected chi connectivity index (χ1v) is 7.36. The van der Waals surface area contributed by atoms with Crippen molar-refractivity contribution in [2.45, 2.75) is 19.3 Å². The molecule has 2 aromatic rings. The van der Waals surface area contributed by atoms with Crippen molar-refractivity contribution in [3.05, 3.63) is 29.5 Å². The maximum Gasteiger partial charge on any atom is 0.224 e. The monoisotopic (exact) mass is 273 g/mol. The predicted octanol–water partition coefficient (Wildman–Crippen LogP) is 3.52. The van der Waals surface area contributed by atoms with Gasteiger partial charge in [-0.15, -0.1) is 0 Å². The molecule has 19 heavy (non-hydrogen) atoms. The molecule has 1 aromatic heterocycles. The lowest BCUT2D eigenvalue weighted by atomic mass is 10.0. The fraction of sp³-hybridized carbons (Fsp3) is 0.467. The van der Waals surface area contributed by atoms with E-state index in [1.54, 1.807) is 0 Å². The quantitative estimate of drug-likeness (QED) is 0.745. The Morgan fingerprint density at radius 1 is 1.05 bits per heavy atom. The van der Waals surface area contributed by atoms with Gasteiger partial charge < -0.3 is 4.90 Å². The second-order valence-electron chi connectivity index (χ2n) is 5.69. The molecule has 1 saturated heterocycles. The van der Waals surface area contributed by atoms with E-state index in [4.69, 9.17) is 11.6 Å². The highest BCUT2D eigenvalue weighted by molar-refractivity contribution is 6.28. The van der Waals surface area contributed by atoms with Crippen LogP contribution < -0.4 is 4.90 Å². The van der Waals surface area contributed by atoms with Gasteiger partial charge in [0.05, 0.1) is 5.52 Å². The predicted molar refractivity (Wildman–Crippen MR) is 77.6 cm³/mol. The lowest BCUT2D eigenvalue weighted by molar-refractivity contribution is 0.494. The van der Waals surface area contributed by atoms with Gasteiger partial charge in [-0.2, -0.15) is 4.98 Å². The van der Waals surface area contributed by atoms with Crippen molar-refractivity contribution < 1.29 is 0 Å². The van der Waals surface area contributed by atoms with Gasteiger partial charge in [0, 0.05) is 18.5 Å². The van der Waals surface area contributed by atoms with Crippen LogP contribution in [0.4, 0.5) is 5.82 Å². The molecule has 0 radical (unpaired) electrons. The van der Waals surface area contributed by atoms with Crippen LogP contribution in [-0.2, 0) is 0 Å². The second kappa shape index (κ2) is 4.34. The Morgan fingerprint density at radius 2 is 1.79 bits per heavy atom. The minimum atomic E-state index is 0.353. The van der Waals surface area contributed by atoms with Gasteiger partial charge in [-0.3, -0.25) is 0 Å². The minimum absolute atomic E-state index is 0.353. The highest BCUT2D eigenvalue weighted by Gasteiger charge is 2.37. The highest BCUT2D eigenvalue weighted by atomic mass is 35.5. The molecule has 1 aliphatic carbocycles. The Bertz CT molecular complexity index is 616. The summed E-state index contributed by atoms with van der Waals surface area (Å²) in [5.41, 5.74) is 0.939. The number of para-hydroxylation sites is 1. The summed E-state index contributed by atoms with van der Waals surface area (Å²) in [4.78, 5) is 11.2. The molecule has 0 bridgehead atoms. The summed E-state index contributed by atoms with van der Waals surface area (Å²) < 4.78 is 0. The average molecular weight is 274 g/mol. The van der Waals surface area contributed by atoms with E-state index >= 15 is 0 Å². The van der Waals surface area contributed by atoms with E-state index in [1.807, 2.05) is 18.2 Å². The van der Waals surface area contributed by atoms with Crippen LogP contribution in [0.5, 0.6) is 0 Å². The molecule has 1 aliphatic heterocycles. The standard InChI is InChI=1S/C15H16ClN3/c16-15-17-13-7-2-1-6-12(13)14(18-15)19-8-10-4-3-5-11(10)9-19/h1-2,6-7,10-11H,3-5,8-9H2. The summed E-state index contributed by atoms with van der Waals surface area (Å²) in [5.74, 6) is 2.73. The van der Waals surface area contributed by atoms with Crippen LogP contribution in [0.15, 0.2) is 24.3 Å². The van der Waals surface area contributed by atoms with E-state index in [1.165, 1.54) is 19.3 Å². The zero-order valence-electron chi connectivity index (χ0n) is 10.7. The molecule has 1 saturated carbocycles. The summed E-state index contributed by atoms with van der Waals surface area (Å²) in [6, 6.07) is 8.13. The number of anilines is 1. The van der Waals surface area contributed by atoms with Gasteiger partial charge in [0.1, 0.15) is 5.82 Å². The Hall–Kier alpha value is -1.35. The van der Waals surface area contributed by atoms with Crippen molar-refractivity contribution in [1.29, 1.82) is 0 Å². The lowest BCUT2D eigenvalue weighted by Crippen LogP contribution is -2.22. The third-order valence-electron chi connectivity index (χ3n) is 4.58. The summed E-state index contributed by atoms with van der Waals surface area (Å²) in [5, 5.41) is 1.47. The molecule has 0 amide bonds. The number of aromatic nitrogens is 2. The van der Waals surface area contributed by atoms with Crippen molar-refractivity contribution in [1.82, 2.24) is 9.97 Å². The molecular formula is C15H16ClN3. The normalized spacial score (nSPS) is 26.1. The Labute approximate surface area is 117 Å². The van der Waals surface area contributed by atoms with Gasteiger partial charge in [-0.05, 0) is 48.4 Å². The highest BCUT2D eigenvalue weighted by Crippen LogP contribution is 2.40. The van der Waals surface area contributed by atoms with E-state index in [0.29, 0.717) is 5.28 Å². The summed E-state index contributed by atoms with van der Waals surface area (Å²) in [6.45, 7) is 2.25. The number of rotatable bonds is 1. The largest absolute Gasteiger partial charge is 0.355 e. The number of hydrogen-bond donors (Lipinski definition) is 0. The average Bonchev–Trinajstić information content (AvgIpc) is 2.98. The van der Waals surface area contributed by atoms with Gasteiger partial charge in [0.15, 0.2) is 0 Å². The van der Waals surface area contributed by atoms with E-state index in [2.05, 4.69) is 20.9 Å². The Kier molecular flexibility index (Phi) is 2.62. The fourth-order valence-corrected chi connectivity index (χ4v) is 3.85. The van der Waals surface area contributed by atoms with Crippen LogP contribution in [0.3, 0.4) is 0 Å². The molecule has 2 unspecified atom stereocenters. The van der Waals surface area contributed by atoms with Crippen LogP contribution >= 0.6 is 11.6 Å². The number of halogens is 1. The van der Waals surface area contributed by atoms with Gasteiger partial charge >= 0.3 is 0 Å². The van der Waals surface area contributed by atoms with Gasteiger partial charge in [0.2, 0.25) is 5.28 Å². The lowest BCUT2D eigenvalue weighted by Gasteiger charge is -2.20. The molecule has 4 rings (SSSR count). The summed E-state index contributed by atoms with van der Waals surface area (Å²) in [7, 11) is 0. The van der Waals surface area contributed by atoms with E-state index in [0.717, 1.165) is 41.6 Å². The molecule has 2 aliphatic rings. The first-order chi connectivity index (χ1) is 9.31. The fourth-order valence-electron chi connectivity index (χ4n) is 3.68. The van der Waals surface area contributed by atoms with Crippen LogP contribution in [0.25, 0.3) is 10.9 Å². The Morgan fingerprint density at radius 3 is 2.58 bits per heavy atom. The van der Waals surface area contributed by atoms with Crippen LogP contribution in [0.2, 0.25) is 5.28 Å². The zero-order valence-corrected chi connectivity index (χ0v) is 11.5. The van der Waals surface area contributed by atoms with Crippen molar-refractivity contribution in [3.8, 4) is 0 Å². The molecule has 2 heterocycles. The molecule has 2 fully saturated rings. The third-order valence-corrected chi connectivity index (χ3v) is 4.75. The Balaban J connectivity index is 1.78. The van der Waals surface area contributed by atoms with Gasteiger partial charge in [-0.1, -0.05) is 18.6 Å². The summed E-state index contributed by atoms with van der Waals surface area (Å²) in [6.07, 6.45) is 4.14. The minimum Gasteiger partial charge on any atom is -0.355 e. The molecule has 4 heteroatoms. The van der Waals surface area contributed by atoms with Crippen LogP contribution in [-0.4, -0.2) is 23.1 Å². The van der Waals surface area contributed by atoms with E-state index in [9.17, 15) is 0 Å². The van der Waals surface area contributed by atoms with Gasteiger partial charge in [-0.25, -0.2) is 4.98 Å². The molecule has 0 N–H and O–H groups in total. The molecule has 0 spiro atoms. The van der Waals surface area contributed by atoms with Crippen molar-refractivity contribution in [2.75, 3.05) is 18.0 Å². The molecule has 2 atom stereocenters. The topological polar surface area (TPSA) is 29.0 Å². The smallest absolute Gasteiger partial charge is 0.224 e. The SMILES string of the molecule is Clc1nc(N2CC3CCCC3C2)c2ccccc2n1. The third kappa shape index (κ3) is 1.88. The number of hydrogen-bond acceptors (Lipinski definition) is 3. The zero-order chi connectivity index (χ0) is 12.8. The van der Waals surface area contributed by atoms with Crippen molar-refractivity contribution in [3.63, 3.8) is 0 Å².